The molecule has 1 N–H and O–H groups in total. The zero-order valence-corrected chi connectivity index (χ0v) is 16.4. The number of rotatable bonds is 5. The molecule has 29 heavy (non-hydrogen) atoms. The van der Waals surface area contributed by atoms with Gasteiger partial charge in [-0.1, -0.05) is 18.2 Å². The van der Waals surface area contributed by atoms with Crippen molar-refractivity contribution in [3.05, 3.63) is 65.6 Å². The molecule has 3 aromatic heterocycles. The molecule has 0 amide bonds. The van der Waals surface area contributed by atoms with Gasteiger partial charge < -0.3 is 10.1 Å². The second-order valence-electron chi connectivity index (χ2n) is 6.50. The van der Waals surface area contributed by atoms with Crippen molar-refractivity contribution in [3.8, 4) is 5.82 Å². The van der Waals surface area contributed by atoms with Gasteiger partial charge in [0.25, 0.3) is 0 Å². The van der Waals surface area contributed by atoms with Crippen LogP contribution in [0.1, 0.15) is 28.4 Å². The third-order valence-corrected chi connectivity index (χ3v) is 4.51. The van der Waals surface area contributed by atoms with E-state index in [1.54, 1.807) is 30.1 Å². The summed E-state index contributed by atoms with van der Waals surface area (Å²) in [6, 6.07) is 9.71. The van der Waals surface area contributed by atoms with E-state index in [1.807, 2.05) is 38.1 Å². The van der Waals surface area contributed by atoms with Gasteiger partial charge in [0.1, 0.15) is 5.56 Å². The lowest BCUT2D eigenvalue weighted by Crippen LogP contribution is -2.11. The van der Waals surface area contributed by atoms with Gasteiger partial charge in [0, 0.05) is 17.8 Å². The Kier molecular flexibility index (Phi) is 4.90. The van der Waals surface area contributed by atoms with Crippen LogP contribution in [0.5, 0.6) is 0 Å². The average Bonchev–Trinajstić information content (AvgIpc) is 3.13. The summed E-state index contributed by atoms with van der Waals surface area (Å²) in [5.74, 6) is 0.840. The highest BCUT2D eigenvalue weighted by atomic mass is 16.5. The normalized spacial score (nSPS) is 10.9. The molecular weight excluding hydrogens is 368 g/mol. The number of aromatic nitrogens is 5. The molecule has 0 spiro atoms. The van der Waals surface area contributed by atoms with E-state index in [4.69, 9.17) is 9.72 Å². The molecule has 8 heteroatoms. The highest BCUT2D eigenvalue weighted by Crippen LogP contribution is 2.27. The molecule has 8 nitrogen and oxygen atoms in total. The van der Waals surface area contributed by atoms with Crippen molar-refractivity contribution in [2.45, 2.75) is 20.8 Å². The minimum Gasteiger partial charge on any atom is -0.462 e. The summed E-state index contributed by atoms with van der Waals surface area (Å²) in [5.41, 5.74) is 3.29. The molecule has 3 heterocycles. The zero-order chi connectivity index (χ0) is 20.4. The number of ether oxygens (including phenoxy) is 1. The fourth-order valence-corrected chi connectivity index (χ4v) is 3.12. The Balaban J connectivity index is 1.88. The second-order valence-corrected chi connectivity index (χ2v) is 6.50. The predicted molar refractivity (Wildman–Crippen MR) is 110 cm³/mol. The molecule has 0 aliphatic rings. The highest BCUT2D eigenvalue weighted by molar-refractivity contribution is 5.95. The molecule has 0 saturated carbocycles. The maximum atomic E-state index is 12.5. The SMILES string of the molecule is CCOC(=O)c1cnn(-c2cc(C)c3cccc(C)c3n2)c1Nc1ncccn1. The molecule has 0 radical (unpaired) electrons. The molecule has 4 aromatic rings. The Bertz CT molecular complexity index is 1190. The number of fused-ring (bicyclic) bond motifs is 1. The number of benzene rings is 1. The van der Waals surface area contributed by atoms with E-state index in [9.17, 15) is 4.79 Å². The number of hydrogen-bond acceptors (Lipinski definition) is 7. The van der Waals surface area contributed by atoms with Gasteiger partial charge in [-0.05, 0) is 44.0 Å². The second kappa shape index (κ2) is 7.67. The van der Waals surface area contributed by atoms with Gasteiger partial charge in [-0.3, -0.25) is 0 Å². The van der Waals surface area contributed by atoms with Crippen molar-refractivity contribution in [2.24, 2.45) is 0 Å². The first-order valence-electron chi connectivity index (χ1n) is 9.25. The quantitative estimate of drug-likeness (QED) is 0.520. The van der Waals surface area contributed by atoms with Gasteiger partial charge in [0.15, 0.2) is 11.6 Å². The molecule has 1 aromatic carbocycles. The number of nitrogens with zero attached hydrogens (tertiary/aromatic N) is 5. The lowest BCUT2D eigenvalue weighted by Gasteiger charge is -2.12. The number of pyridine rings is 1. The molecule has 0 fully saturated rings. The van der Waals surface area contributed by atoms with Crippen LogP contribution in [0.15, 0.2) is 48.9 Å². The monoisotopic (exact) mass is 388 g/mol. The average molecular weight is 388 g/mol. The van der Waals surface area contributed by atoms with Crippen LogP contribution in [0.4, 0.5) is 11.8 Å². The van der Waals surface area contributed by atoms with Crippen LogP contribution >= 0.6 is 0 Å². The van der Waals surface area contributed by atoms with E-state index in [1.165, 1.54) is 6.20 Å². The van der Waals surface area contributed by atoms with E-state index in [0.29, 0.717) is 17.6 Å². The standard InChI is InChI=1S/C21H20N6O2/c1-4-29-20(28)16-12-24-27(19(16)26-21-22-9-6-10-23-21)17-11-14(3)15-8-5-7-13(2)18(15)25-17/h5-12H,4H2,1-3H3,(H,22,23,26). The Labute approximate surface area is 167 Å². The molecule has 0 bridgehead atoms. The van der Waals surface area contributed by atoms with Crippen LogP contribution in [0.3, 0.4) is 0 Å². The molecule has 0 aliphatic heterocycles. The molecule has 0 saturated heterocycles. The zero-order valence-electron chi connectivity index (χ0n) is 16.4. The van der Waals surface area contributed by atoms with Crippen LogP contribution in [-0.2, 0) is 4.74 Å². The Morgan fingerprint density at radius 3 is 2.69 bits per heavy atom. The van der Waals surface area contributed by atoms with E-state index >= 15 is 0 Å². The van der Waals surface area contributed by atoms with E-state index in [0.717, 1.165) is 22.0 Å². The fourth-order valence-electron chi connectivity index (χ4n) is 3.12. The maximum absolute atomic E-state index is 12.5. The first kappa shape index (κ1) is 18.5. The summed E-state index contributed by atoms with van der Waals surface area (Å²) in [7, 11) is 0. The van der Waals surface area contributed by atoms with E-state index < -0.39 is 5.97 Å². The van der Waals surface area contributed by atoms with Crippen molar-refractivity contribution < 1.29 is 9.53 Å². The van der Waals surface area contributed by atoms with Crippen molar-refractivity contribution in [1.29, 1.82) is 0 Å². The van der Waals surface area contributed by atoms with Crippen LogP contribution < -0.4 is 5.32 Å². The third kappa shape index (κ3) is 3.52. The van der Waals surface area contributed by atoms with E-state index in [2.05, 4.69) is 20.4 Å². The molecule has 4 rings (SSSR count). The summed E-state index contributed by atoms with van der Waals surface area (Å²) in [6.07, 6.45) is 4.69. The lowest BCUT2D eigenvalue weighted by molar-refractivity contribution is 0.0527. The molecule has 0 aliphatic carbocycles. The fraction of sp³-hybridized carbons (Fsp3) is 0.190. The smallest absolute Gasteiger partial charge is 0.343 e. The van der Waals surface area contributed by atoms with Crippen molar-refractivity contribution in [2.75, 3.05) is 11.9 Å². The lowest BCUT2D eigenvalue weighted by atomic mass is 10.1. The number of esters is 1. The summed E-state index contributed by atoms with van der Waals surface area (Å²) < 4.78 is 6.75. The minimum absolute atomic E-state index is 0.262. The predicted octanol–water partition coefficient (Wildman–Crippen LogP) is 3.75. The Hall–Kier alpha value is -3.81. The number of carbonyl (C=O) groups excluding carboxylic acids is 1. The first-order chi connectivity index (χ1) is 14.1. The number of anilines is 2. The number of para-hydroxylation sites is 1. The summed E-state index contributed by atoms with van der Waals surface area (Å²) >= 11 is 0. The third-order valence-electron chi connectivity index (χ3n) is 4.51. The van der Waals surface area contributed by atoms with Gasteiger partial charge in [0.2, 0.25) is 5.95 Å². The Morgan fingerprint density at radius 1 is 1.14 bits per heavy atom. The molecule has 0 atom stereocenters. The van der Waals surface area contributed by atoms with Crippen molar-refractivity contribution in [1.82, 2.24) is 24.7 Å². The minimum atomic E-state index is -0.481. The van der Waals surface area contributed by atoms with E-state index in [-0.39, 0.29) is 12.2 Å². The summed E-state index contributed by atoms with van der Waals surface area (Å²) in [5, 5.41) is 8.55. The van der Waals surface area contributed by atoms with Crippen LogP contribution in [-0.4, -0.2) is 37.3 Å². The van der Waals surface area contributed by atoms with Gasteiger partial charge in [-0.15, -0.1) is 0 Å². The number of nitrogens with one attached hydrogen (secondary N) is 1. The number of hydrogen-bond donors (Lipinski definition) is 1. The number of aryl methyl sites for hydroxylation is 2. The molecule has 0 unspecified atom stereocenters. The van der Waals surface area contributed by atoms with Crippen LogP contribution in [0.2, 0.25) is 0 Å². The van der Waals surface area contributed by atoms with Crippen LogP contribution in [0, 0.1) is 13.8 Å². The topological polar surface area (TPSA) is 94.8 Å². The van der Waals surface area contributed by atoms with Crippen molar-refractivity contribution in [3.63, 3.8) is 0 Å². The largest absolute Gasteiger partial charge is 0.462 e. The maximum Gasteiger partial charge on any atom is 0.343 e. The van der Waals surface area contributed by atoms with Gasteiger partial charge in [-0.2, -0.15) is 9.78 Å². The van der Waals surface area contributed by atoms with Crippen LogP contribution in [0.25, 0.3) is 16.7 Å². The van der Waals surface area contributed by atoms with Gasteiger partial charge >= 0.3 is 5.97 Å². The number of carbonyl (C=O) groups is 1. The highest BCUT2D eigenvalue weighted by Gasteiger charge is 2.22. The van der Waals surface area contributed by atoms with Gasteiger partial charge in [-0.25, -0.2) is 19.7 Å². The summed E-state index contributed by atoms with van der Waals surface area (Å²) in [4.78, 5) is 25.6. The Morgan fingerprint density at radius 2 is 1.93 bits per heavy atom. The molecular formula is C21H20N6O2. The molecule has 146 valence electrons. The van der Waals surface area contributed by atoms with Crippen molar-refractivity contribution >= 4 is 28.6 Å². The first-order valence-corrected chi connectivity index (χ1v) is 9.25. The van der Waals surface area contributed by atoms with Gasteiger partial charge in [0.05, 0.1) is 18.3 Å². The summed E-state index contributed by atoms with van der Waals surface area (Å²) in [6.45, 7) is 6.06.